The Morgan fingerprint density at radius 2 is 2.14 bits per heavy atom. The van der Waals surface area contributed by atoms with Crippen LogP contribution >= 0.6 is 0 Å². The normalized spacial score (nSPS) is 38.6. The highest BCUT2D eigenvalue weighted by atomic mass is 14.9. The number of allylic oxidation sites excluding steroid dienone is 2. The zero-order valence-corrected chi connectivity index (χ0v) is 9.24. The highest BCUT2D eigenvalue weighted by Gasteiger charge is 2.38. The fourth-order valence-electron chi connectivity index (χ4n) is 3.00. The minimum atomic E-state index is 0.438. The van der Waals surface area contributed by atoms with Gasteiger partial charge in [-0.05, 0) is 44.4 Å². The highest BCUT2D eigenvalue weighted by molar-refractivity contribution is 5.11. The predicted molar refractivity (Wildman–Crippen MR) is 61.1 cm³/mol. The van der Waals surface area contributed by atoms with Crippen molar-refractivity contribution in [3.05, 3.63) is 24.8 Å². The van der Waals surface area contributed by atoms with E-state index in [1.165, 1.54) is 12.8 Å². The molecule has 0 aromatic heterocycles. The molecule has 1 nitrogen and oxygen atoms in total. The van der Waals surface area contributed by atoms with Crippen LogP contribution in [0.1, 0.15) is 26.7 Å². The molecule has 5 unspecified atom stereocenters. The van der Waals surface area contributed by atoms with E-state index < -0.39 is 0 Å². The molecule has 0 aliphatic heterocycles. The second-order valence-electron chi connectivity index (χ2n) is 4.92. The molecule has 1 fully saturated rings. The summed E-state index contributed by atoms with van der Waals surface area (Å²) in [7, 11) is 0. The van der Waals surface area contributed by atoms with Gasteiger partial charge in [0.2, 0.25) is 0 Å². The zero-order chi connectivity index (χ0) is 10.1. The second kappa shape index (κ2) is 3.90. The molecule has 1 N–H and O–H groups in total. The molecule has 0 amide bonds. The summed E-state index contributed by atoms with van der Waals surface area (Å²) in [6.45, 7) is 8.30. The monoisotopic (exact) mass is 191 g/mol. The van der Waals surface area contributed by atoms with Gasteiger partial charge in [-0.15, -0.1) is 6.58 Å². The lowest BCUT2D eigenvalue weighted by Gasteiger charge is -2.28. The third-order valence-corrected chi connectivity index (χ3v) is 3.85. The molecule has 0 heterocycles. The smallest absolute Gasteiger partial charge is 0.0221 e. The van der Waals surface area contributed by atoms with Crippen LogP contribution in [-0.2, 0) is 0 Å². The number of nitrogens with one attached hydrogen (secondary N) is 1. The van der Waals surface area contributed by atoms with E-state index in [9.17, 15) is 0 Å². The van der Waals surface area contributed by atoms with Crippen LogP contribution in [0, 0.1) is 17.8 Å². The maximum absolute atomic E-state index is 3.81. The molecule has 1 heteroatoms. The topological polar surface area (TPSA) is 12.0 Å². The summed E-state index contributed by atoms with van der Waals surface area (Å²) >= 11 is 0. The van der Waals surface area contributed by atoms with E-state index in [4.69, 9.17) is 0 Å². The van der Waals surface area contributed by atoms with Gasteiger partial charge < -0.3 is 5.32 Å². The van der Waals surface area contributed by atoms with Crippen molar-refractivity contribution in [2.24, 2.45) is 17.8 Å². The van der Waals surface area contributed by atoms with Crippen molar-refractivity contribution < 1.29 is 0 Å². The van der Waals surface area contributed by atoms with Crippen LogP contribution in [0.3, 0.4) is 0 Å². The molecular formula is C13H21N. The fraction of sp³-hybridized carbons (Fsp3) is 0.692. The molecule has 14 heavy (non-hydrogen) atoms. The minimum Gasteiger partial charge on any atom is -0.308 e. The second-order valence-corrected chi connectivity index (χ2v) is 4.92. The summed E-state index contributed by atoms with van der Waals surface area (Å²) in [6.07, 6.45) is 9.61. The van der Waals surface area contributed by atoms with Gasteiger partial charge in [-0.1, -0.05) is 18.2 Å². The Kier molecular flexibility index (Phi) is 2.78. The van der Waals surface area contributed by atoms with Crippen molar-refractivity contribution in [1.82, 2.24) is 5.32 Å². The Morgan fingerprint density at radius 3 is 2.64 bits per heavy atom. The molecule has 2 bridgehead atoms. The lowest BCUT2D eigenvalue weighted by molar-refractivity contribution is 0.318. The molecule has 2 aliphatic carbocycles. The zero-order valence-electron chi connectivity index (χ0n) is 9.24. The van der Waals surface area contributed by atoms with Gasteiger partial charge in [-0.25, -0.2) is 0 Å². The first kappa shape index (κ1) is 9.97. The van der Waals surface area contributed by atoms with Crippen LogP contribution in [-0.4, -0.2) is 12.1 Å². The lowest BCUT2D eigenvalue weighted by atomic mass is 9.87. The average Bonchev–Trinajstić information content (AvgIpc) is 2.78. The molecule has 0 aromatic rings. The number of hydrogen-bond acceptors (Lipinski definition) is 1. The van der Waals surface area contributed by atoms with Gasteiger partial charge in [0.15, 0.2) is 0 Å². The van der Waals surface area contributed by atoms with Crippen molar-refractivity contribution in [2.75, 3.05) is 0 Å². The van der Waals surface area contributed by atoms with Gasteiger partial charge >= 0.3 is 0 Å². The van der Waals surface area contributed by atoms with Crippen LogP contribution in [0.4, 0.5) is 0 Å². The number of hydrogen-bond donors (Lipinski definition) is 1. The van der Waals surface area contributed by atoms with Gasteiger partial charge in [-0.3, -0.25) is 0 Å². The van der Waals surface area contributed by atoms with Crippen molar-refractivity contribution >= 4 is 0 Å². The Morgan fingerprint density at radius 1 is 1.36 bits per heavy atom. The van der Waals surface area contributed by atoms with Crippen LogP contribution in [0.25, 0.3) is 0 Å². The maximum atomic E-state index is 3.81. The number of rotatable bonds is 4. The summed E-state index contributed by atoms with van der Waals surface area (Å²) in [6, 6.07) is 1.07. The van der Waals surface area contributed by atoms with E-state index in [2.05, 4.69) is 37.9 Å². The van der Waals surface area contributed by atoms with Crippen molar-refractivity contribution in [1.29, 1.82) is 0 Å². The van der Waals surface area contributed by atoms with Crippen LogP contribution in [0.5, 0.6) is 0 Å². The Balaban J connectivity index is 1.90. The number of fused-ring (bicyclic) bond motifs is 2. The van der Waals surface area contributed by atoms with Crippen LogP contribution in [0.15, 0.2) is 24.8 Å². The molecule has 2 rings (SSSR count). The lowest BCUT2D eigenvalue weighted by Crippen LogP contribution is -2.39. The van der Waals surface area contributed by atoms with E-state index in [-0.39, 0.29) is 0 Å². The summed E-state index contributed by atoms with van der Waals surface area (Å²) in [5, 5.41) is 3.60. The molecule has 5 atom stereocenters. The van der Waals surface area contributed by atoms with E-state index in [1.54, 1.807) is 0 Å². The molecule has 1 saturated carbocycles. The largest absolute Gasteiger partial charge is 0.308 e. The molecule has 0 radical (unpaired) electrons. The van der Waals surface area contributed by atoms with Crippen molar-refractivity contribution in [2.45, 2.75) is 38.8 Å². The molecule has 0 saturated heterocycles. The molecule has 2 aliphatic rings. The quantitative estimate of drug-likeness (QED) is 0.674. The van der Waals surface area contributed by atoms with Crippen molar-refractivity contribution in [3.63, 3.8) is 0 Å². The Labute approximate surface area is 87.3 Å². The Hall–Kier alpha value is -0.560. The van der Waals surface area contributed by atoms with Gasteiger partial charge in [0, 0.05) is 12.1 Å². The minimum absolute atomic E-state index is 0.438. The van der Waals surface area contributed by atoms with Crippen LogP contribution in [0.2, 0.25) is 0 Å². The average molecular weight is 191 g/mol. The van der Waals surface area contributed by atoms with Gasteiger partial charge in [0.1, 0.15) is 0 Å². The molecular weight excluding hydrogens is 170 g/mol. The summed E-state index contributed by atoms with van der Waals surface area (Å²) in [5.74, 6) is 2.58. The van der Waals surface area contributed by atoms with E-state index in [0.717, 1.165) is 17.8 Å². The van der Waals surface area contributed by atoms with Gasteiger partial charge in [0.05, 0.1) is 0 Å². The predicted octanol–water partition coefficient (Wildman–Crippen LogP) is 2.75. The maximum Gasteiger partial charge on any atom is 0.0221 e. The first-order valence-electron chi connectivity index (χ1n) is 5.77. The summed E-state index contributed by atoms with van der Waals surface area (Å²) < 4.78 is 0. The van der Waals surface area contributed by atoms with E-state index >= 15 is 0 Å². The first-order chi connectivity index (χ1) is 6.70. The van der Waals surface area contributed by atoms with Crippen molar-refractivity contribution in [3.8, 4) is 0 Å². The highest BCUT2D eigenvalue weighted by Crippen LogP contribution is 2.44. The van der Waals surface area contributed by atoms with Gasteiger partial charge in [0.25, 0.3) is 0 Å². The summed E-state index contributed by atoms with van der Waals surface area (Å²) in [5.41, 5.74) is 0. The molecule has 0 spiro atoms. The van der Waals surface area contributed by atoms with Crippen LogP contribution < -0.4 is 5.32 Å². The third kappa shape index (κ3) is 1.78. The molecule has 0 aromatic carbocycles. The third-order valence-electron chi connectivity index (χ3n) is 3.85. The molecule has 78 valence electrons. The Bertz CT molecular complexity index is 244. The SMILES string of the molecule is C=CC(C)NC(C)C1CC2C=CC1C2. The van der Waals surface area contributed by atoms with E-state index in [0.29, 0.717) is 12.1 Å². The first-order valence-corrected chi connectivity index (χ1v) is 5.77. The fourth-order valence-corrected chi connectivity index (χ4v) is 3.00. The van der Waals surface area contributed by atoms with E-state index in [1.807, 2.05) is 6.08 Å². The van der Waals surface area contributed by atoms with Gasteiger partial charge in [-0.2, -0.15) is 0 Å². The summed E-state index contributed by atoms with van der Waals surface area (Å²) in [4.78, 5) is 0. The standard InChI is InChI=1S/C13H21N/c1-4-9(2)14-10(3)13-8-11-5-6-12(13)7-11/h4-6,9-14H,1,7-8H2,2-3H3.